The highest BCUT2D eigenvalue weighted by atomic mass is 16.5. The SMILES string of the molecule is COc1cc(C=O)ccc1OCCCCN1[C@H](C)CCC[C@H]1C. The van der Waals surface area contributed by atoms with Crippen LogP contribution in [0.4, 0.5) is 0 Å². The maximum absolute atomic E-state index is 10.8. The van der Waals surface area contributed by atoms with Crippen LogP contribution >= 0.6 is 0 Å². The lowest BCUT2D eigenvalue weighted by Crippen LogP contribution is -2.44. The summed E-state index contributed by atoms with van der Waals surface area (Å²) in [5.41, 5.74) is 0.599. The zero-order valence-electron chi connectivity index (χ0n) is 14.6. The number of carbonyl (C=O) groups excluding carboxylic acids is 1. The van der Waals surface area contributed by atoms with Gasteiger partial charge in [-0.2, -0.15) is 0 Å². The molecular weight excluding hydrogens is 290 g/mol. The molecule has 1 saturated heterocycles. The molecule has 128 valence electrons. The maximum atomic E-state index is 10.8. The standard InChI is InChI=1S/C19H29NO3/c1-15-7-6-8-16(2)20(15)11-4-5-12-23-18-10-9-17(14-21)13-19(18)22-3/h9-10,13-16H,4-8,11-12H2,1-3H3/t15-,16-/m1/s1. The van der Waals surface area contributed by atoms with Crippen LogP contribution in [0.3, 0.4) is 0 Å². The number of aldehydes is 1. The number of methoxy groups -OCH3 is 1. The highest BCUT2D eigenvalue weighted by molar-refractivity contribution is 5.76. The summed E-state index contributed by atoms with van der Waals surface area (Å²) >= 11 is 0. The molecule has 4 heteroatoms. The van der Waals surface area contributed by atoms with Crippen LogP contribution in [0.5, 0.6) is 11.5 Å². The second-order valence-electron chi connectivity index (χ2n) is 6.45. The molecule has 0 bridgehead atoms. The fourth-order valence-corrected chi connectivity index (χ4v) is 3.37. The van der Waals surface area contributed by atoms with E-state index >= 15 is 0 Å². The second-order valence-corrected chi connectivity index (χ2v) is 6.45. The van der Waals surface area contributed by atoms with E-state index in [-0.39, 0.29) is 0 Å². The van der Waals surface area contributed by atoms with E-state index in [4.69, 9.17) is 9.47 Å². The van der Waals surface area contributed by atoms with Gasteiger partial charge in [0.2, 0.25) is 0 Å². The van der Waals surface area contributed by atoms with Crippen LogP contribution in [0.1, 0.15) is 56.3 Å². The fraction of sp³-hybridized carbons (Fsp3) is 0.632. The van der Waals surface area contributed by atoms with E-state index in [1.54, 1.807) is 25.3 Å². The van der Waals surface area contributed by atoms with Crippen molar-refractivity contribution in [3.63, 3.8) is 0 Å². The van der Waals surface area contributed by atoms with Crippen molar-refractivity contribution in [3.8, 4) is 11.5 Å². The molecule has 2 rings (SSSR count). The number of ether oxygens (including phenoxy) is 2. The number of piperidine rings is 1. The van der Waals surface area contributed by atoms with Crippen LogP contribution in [-0.2, 0) is 0 Å². The zero-order chi connectivity index (χ0) is 16.7. The van der Waals surface area contributed by atoms with Crippen molar-refractivity contribution >= 4 is 6.29 Å². The third kappa shape index (κ3) is 4.96. The number of hydrogen-bond acceptors (Lipinski definition) is 4. The van der Waals surface area contributed by atoms with Crippen LogP contribution in [0.2, 0.25) is 0 Å². The Morgan fingerprint density at radius 3 is 2.57 bits per heavy atom. The molecule has 23 heavy (non-hydrogen) atoms. The minimum atomic E-state index is 0.599. The lowest BCUT2D eigenvalue weighted by Gasteiger charge is -2.39. The molecule has 1 fully saturated rings. The molecule has 1 aliphatic heterocycles. The van der Waals surface area contributed by atoms with E-state index in [9.17, 15) is 4.79 Å². The molecule has 0 N–H and O–H groups in total. The quantitative estimate of drug-likeness (QED) is 0.537. The minimum absolute atomic E-state index is 0.599. The largest absolute Gasteiger partial charge is 0.493 e. The van der Waals surface area contributed by atoms with Crippen LogP contribution in [0.25, 0.3) is 0 Å². The van der Waals surface area contributed by atoms with E-state index in [1.165, 1.54) is 19.3 Å². The molecule has 1 aromatic rings. The Morgan fingerprint density at radius 2 is 1.91 bits per heavy atom. The first-order chi connectivity index (χ1) is 11.2. The van der Waals surface area contributed by atoms with Gasteiger partial charge in [-0.15, -0.1) is 0 Å². The summed E-state index contributed by atoms with van der Waals surface area (Å²) in [7, 11) is 1.59. The minimum Gasteiger partial charge on any atom is -0.493 e. The predicted molar refractivity (Wildman–Crippen MR) is 92.6 cm³/mol. The van der Waals surface area contributed by atoms with Gasteiger partial charge in [-0.1, -0.05) is 6.42 Å². The van der Waals surface area contributed by atoms with Gasteiger partial charge in [0.1, 0.15) is 6.29 Å². The first kappa shape index (κ1) is 17.8. The maximum Gasteiger partial charge on any atom is 0.161 e. The third-order valence-electron chi connectivity index (χ3n) is 4.77. The van der Waals surface area contributed by atoms with Gasteiger partial charge in [-0.25, -0.2) is 0 Å². The highest BCUT2D eigenvalue weighted by Gasteiger charge is 2.23. The smallest absolute Gasteiger partial charge is 0.161 e. The van der Waals surface area contributed by atoms with Crippen molar-refractivity contribution in [2.45, 2.75) is 58.0 Å². The molecule has 0 saturated carbocycles. The topological polar surface area (TPSA) is 38.8 Å². The van der Waals surface area contributed by atoms with Gasteiger partial charge >= 0.3 is 0 Å². The third-order valence-corrected chi connectivity index (χ3v) is 4.77. The van der Waals surface area contributed by atoms with E-state index in [1.807, 2.05) is 0 Å². The summed E-state index contributed by atoms with van der Waals surface area (Å²) in [6, 6.07) is 6.67. The summed E-state index contributed by atoms with van der Waals surface area (Å²) in [6.45, 7) is 6.50. The Labute approximate surface area is 139 Å². The van der Waals surface area contributed by atoms with Crippen molar-refractivity contribution in [3.05, 3.63) is 23.8 Å². The molecule has 0 radical (unpaired) electrons. The predicted octanol–water partition coefficient (Wildman–Crippen LogP) is 3.93. The van der Waals surface area contributed by atoms with E-state index in [0.717, 1.165) is 25.7 Å². The summed E-state index contributed by atoms with van der Waals surface area (Å²) < 4.78 is 11.1. The zero-order valence-corrected chi connectivity index (χ0v) is 14.6. The van der Waals surface area contributed by atoms with Crippen molar-refractivity contribution in [2.24, 2.45) is 0 Å². The van der Waals surface area contributed by atoms with Crippen molar-refractivity contribution < 1.29 is 14.3 Å². The molecular formula is C19H29NO3. The van der Waals surface area contributed by atoms with Crippen molar-refractivity contribution in [1.82, 2.24) is 4.90 Å². The Hall–Kier alpha value is -1.55. The van der Waals surface area contributed by atoms with Crippen molar-refractivity contribution in [1.29, 1.82) is 0 Å². The number of likely N-dealkylation sites (tertiary alicyclic amines) is 1. The van der Waals surface area contributed by atoms with Gasteiger partial charge < -0.3 is 9.47 Å². The monoisotopic (exact) mass is 319 g/mol. The average Bonchev–Trinajstić information content (AvgIpc) is 2.57. The fourth-order valence-electron chi connectivity index (χ4n) is 3.37. The lowest BCUT2D eigenvalue weighted by atomic mass is 9.97. The molecule has 1 aliphatic rings. The molecule has 0 unspecified atom stereocenters. The van der Waals surface area contributed by atoms with Gasteiger partial charge in [0.25, 0.3) is 0 Å². The highest BCUT2D eigenvalue weighted by Crippen LogP contribution is 2.28. The van der Waals surface area contributed by atoms with E-state index in [0.29, 0.717) is 35.8 Å². The van der Waals surface area contributed by atoms with Gasteiger partial charge in [0, 0.05) is 17.6 Å². The molecule has 0 aliphatic carbocycles. The summed E-state index contributed by atoms with van der Waals surface area (Å²) in [5.74, 6) is 1.32. The molecule has 1 aromatic carbocycles. The first-order valence-electron chi connectivity index (χ1n) is 8.67. The first-order valence-corrected chi connectivity index (χ1v) is 8.67. The lowest BCUT2D eigenvalue weighted by molar-refractivity contribution is 0.0995. The normalized spacial score (nSPS) is 21.9. The van der Waals surface area contributed by atoms with Gasteiger partial charge in [-0.05, 0) is 64.3 Å². The number of hydrogen-bond donors (Lipinski definition) is 0. The van der Waals surface area contributed by atoms with Crippen LogP contribution in [0.15, 0.2) is 18.2 Å². The van der Waals surface area contributed by atoms with Gasteiger partial charge in [-0.3, -0.25) is 9.69 Å². The Morgan fingerprint density at radius 1 is 1.17 bits per heavy atom. The van der Waals surface area contributed by atoms with Gasteiger partial charge in [0.05, 0.1) is 13.7 Å². The van der Waals surface area contributed by atoms with Crippen LogP contribution < -0.4 is 9.47 Å². The summed E-state index contributed by atoms with van der Waals surface area (Å²) in [5, 5.41) is 0. The summed E-state index contributed by atoms with van der Waals surface area (Å²) in [6.07, 6.45) is 6.98. The molecule has 1 heterocycles. The average molecular weight is 319 g/mol. The molecule has 0 aromatic heterocycles. The molecule has 4 nitrogen and oxygen atoms in total. The van der Waals surface area contributed by atoms with Crippen LogP contribution in [0, 0.1) is 0 Å². The Kier molecular flexibility index (Phi) is 6.90. The molecule has 0 spiro atoms. The van der Waals surface area contributed by atoms with Crippen molar-refractivity contribution in [2.75, 3.05) is 20.3 Å². The van der Waals surface area contributed by atoms with Gasteiger partial charge in [0.15, 0.2) is 11.5 Å². The number of nitrogens with zero attached hydrogens (tertiary/aromatic N) is 1. The van der Waals surface area contributed by atoms with Crippen LogP contribution in [-0.4, -0.2) is 43.5 Å². The Bertz CT molecular complexity index is 493. The summed E-state index contributed by atoms with van der Waals surface area (Å²) in [4.78, 5) is 13.4. The number of carbonyl (C=O) groups is 1. The second kappa shape index (κ2) is 8.92. The Balaban J connectivity index is 1.74. The van der Waals surface area contributed by atoms with E-state index < -0.39 is 0 Å². The van der Waals surface area contributed by atoms with E-state index in [2.05, 4.69) is 18.7 Å². The molecule has 2 atom stereocenters. The number of benzene rings is 1. The number of rotatable bonds is 8. The number of unbranched alkanes of at least 4 members (excludes halogenated alkanes) is 1. The molecule has 0 amide bonds.